The lowest BCUT2D eigenvalue weighted by molar-refractivity contribution is -0.143. The monoisotopic (exact) mass is 428 g/mol. The fraction of sp³-hybridized carbons (Fsp3) is 0.364. The van der Waals surface area contributed by atoms with Gasteiger partial charge in [-0.3, -0.25) is 24.5 Å². The average molecular weight is 428 g/mol. The molecular weight excluding hydrogens is 400 g/mol. The second kappa shape index (κ2) is 11.7. The van der Waals surface area contributed by atoms with Crippen molar-refractivity contribution in [2.45, 2.75) is 31.7 Å². The van der Waals surface area contributed by atoms with Crippen LogP contribution < -0.4 is 10.8 Å². The van der Waals surface area contributed by atoms with Crippen LogP contribution in [0.1, 0.15) is 24.8 Å². The van der Waals surface area contributed by atoms with Crippen molar-refractivity contribution in [2.24, 2.45) is 0 Å². The molecule has 1 unspecified atom stereocenters. The van der Waals surface area contributed by atoms with Crippen molar-refractivity contribution in [3.63, 3.8) is 0 Å². The second-order valence-electron chi connectivity index (χ2n) is 7.25. The number of hydroxylamine groups is 1. The Labute approximate surface area is 181 Å². The Bertz CT molecular complexity index is 822. The van der Waals surface area contributed by atoms with E-state index in [1.54, 1.807) is 0 Å². The Balaban J connectivity index is 1.96. The van der Waals surface area contributed by atoms with Crippen molar-refractivity contribution in [1.82, 2.24) is 20.6 Å². The van der Waals surface area contributed by atoms with E-state index in [0.29, 0.717) is 18.4 Å². The van der Waals surface area contributed by atoms with Crippen molar-refractivity contribution in [3.05, 3.63) is 60.7 Å². The summed E-state index contributed by atoms with van der Waals surface area (Å²) in [6, 6.07) is 8.02. The highest BCUT2D eigenvalue weighted by atomic mass is 16.5. The van der Waals surface area contributed by atoms with Crippen molar-refractivity contribution in [2.75, 3.05) is 19.6 Å². The van der Waals surface area contributed by atoms with E-state index in [1.165, 1.54) is 16.5 Å². The standard InChI is InChI=1S/C22H28N4O5/c1-3-16(2)11-13-25(15-19(27)24-31)21(29)18-14-20(28)26(22(30)23-18)12-7-10-17-8-5-4-6-9-17/h3-6,8-9,18,31H,1-2,7,10-15H2,(H,23,30)(H,24,27). The number of amides is 5. The number of benzene rings is 1. The van der Waals surface area contributed by atoms with Crippen LogP contribution in [-0.4, -0.2) is 64.4 Å². The van der Waals surface area contributed by atoms with E-state index < -0.39 is 36.3 Å². The minimum atomic E-state index is -1.08. The predicted octanol–water partition coefficient (Wildman–Crippen LogP) is 1.40. The van der Waals surface area contributed by atoms with E-state index in [9.17, 15) is 19.2 Å². The molecule has 0 aromatic heterocycles. The largest absolute Gasteiger partial charge is 0.331 e. The lowest BCUT2D eigenvalue weighted by atomic mass is 10.1. The first kappa shape index (κ1) is 23.8. The fourth-order valence-corrected chi connectivity index (χ4v) is 3.21. The summed E-state index contributed by atoms with van der Waals surface area (Å²) in [6.07, 6.45) is 3.02. The lowest BCUT2D eigenvalue weighted by Gasteiger charge is -2.33. The molecule has 5 amide bonds. The number of aryl methyl sites for hydroxylation is 1. The van der Waals surface area contributed by atoms with Crippen LogP contribution in [0.25, 0.3) is 0 Å². The molecule has 31 heavy (non-hydrogen) atoms. The molecule has 0 saturated carbocycles. The highest BCUT2D eigenvalue weighted by molar-refractivity contribution is 6.02. The molecule has 0 aliphatic carbocycles. The Morgan fingerprint density at radius 2 is 2.00 bits per heavy atom. The minimum absolute atomic E-state index is 0.123. The van der Waals surface area contributed by atoms with E-state index in [4.69, 9.17) is 5.21 Å². The maximum Gasteiger partial charge on any atom is 0.324 e. The minimum Gasteiger partial charge on any atom is -0.331 e. The molecule has 3 N–H and O–H groups in total. The zero-order valence-corrected chi connectivity index (χ0v) is 17.4. The molecular formula is C22H28N4O5. The van der Waals surface area contributed by atoms with E-state index in [0.717, 1.165) is 16.9 Å². The predicted molar refractivity (Wildman–Crippen MR) is 114 cm³/mol. The molecule has 9 nitrogen and oxygen atoms in total. The van der Waals surface area contributed by atoms with Gasteiger partial charge in [0.2, 0.25) is 11.8 Å². The molecule has 1 aromatic carbocycles. The van der Waals surface area contributed by atoms with Crippen LogP contribution in [-0.2, 0) is 20.8 Å². The number of nitrogens with zero attached hydrogens (tertiary/aromatic N) is 2. The summed E-state index contributed by atoms with van der Waals surface area (Å²) in [4.78, 5) is 51.7. The number of imide groups is 1. The van der Waals surface area contributed by atoms with Crippen molar-refractivity contribution in [1.29, 1.82) is 0 Å². The van der Waals surface area contributed by atoms with Gasteiger partial charge in [-0.05, 0) is 24.8 Å². The van der Waals surface area contributed by atoms with Crippen LogP contribution in [0.5, 0.6) is 0 Å². The maximum atomic E-state index is 12.9. The number of hydrogen-bond donors (Lipinski definition) is 3. The van der Waals surface area contributed by atoms with Crippen molar-refractivity contribution in [3.8, 4) is 0 Å². The molecule has 0 spiro atoms. The second-order valence-corrected chi connectivity index (χ2v) is 7.25. The third kappa shape index (κ3) is 7.07. The molecule has 1 aliphatic rings. The third-order valence-corrected chi connectivity index (χ3v) is 4.97. The van der Waals surface area contributed by atoms with Crippen LogP contribution in [0.2, 0.25) is 0 Å². The van der Waals surface area contributed by atoms with Crippen LogP contribution in [0.3, 0.4) is 0 Å². The summed E-state index contributed by atoms with van der Waals surface area (Å²) < 4.78 is 0. The molecule has 2 rings (SSSR count). The number of allylic oxidation sites excluding steroid dienone is 1. The van der Waals surface area contributed by atoms with Gasteiger partial charge in [-0.25, -0.2) is 10.3 Å². The molecule has 1 fully saturated rings. The van der Waals surface area contributed by atoms with Gasteiger partial charge in [-0.2, -0.15) is 0 Å². The fourth-order valence-electron chi connectivity index (χ4n) is 3.21. The van der Waals surface area contributed by atoms with Crippen molar-refractivity contribution < 1.29 is 24.4 Å². The summed E-state index contributed by atoms with van der Waals surface area (Å²) in [5, 5.41) is 11.3. The van der Waals surface area contributed by atoms with E-state index in [-0.39, 0.29) is 19.5 Å². The average Bonchev–Trinajstić information content (AvgIpc) is 2.77. The maximum absolute atomic E-state index is 12.9. The van der Waals surface area contributed by atoms with Gasteiger partial charge in [0.25, 0.3) is 5.91 Å². The number of carbonyl (C=O) groups excluding carboxylic acids is 4. The summed E-state index contributed by atoms with van der Waals surface area (Å²) >= 11 is 0. The van der Waals surface area contributed by atoms with Crippen LogP contribution >= 0.6 is 0 Å². The number of carbonyl (C=O) groups is 4. The molecule has 0 bridgehead atoms. The SMILES string of the molecule is C=CC(=C)CCN(CC(=O)NO)C(=O)C1CC(=O)N(CCCc2ccccc2)C(=O)N1. The first-order valence-corrected chi connectivity index (χ1v) is 10.0. The van der Waals surface area contributed by atoms with Gasteiger partial charge in [0.05, 0.1) is 6.42 Å². The topological polar surface area (TPSA) is 119 Å². The number of rotatable bonds is 11. The smallest absolute Gasteiger partial charge is 0.324 e. The van der Waals surface area contributed by atoms with Crippen LogP contribution in [0.4, 0.5) is 4.79 Å². The number of urea groups is 1. The van der Waals surface area contributed by atoms with Crippen LogP contribution in [0, 0.1) is 0 Å². The molecule has 1 atom stereocenters. The van der Waals surface area contributed by atoms with Gasteiger partial charge in [-0.15, -0.1) is 0 Å². The summed E-state index contributed by atoms with van der Waals surface area (Å²) in [7, 11) is 0. The normalized spacial score (nSPS) is 15.8. The zero-order valence-electron chi connectivity index (χ0n) is 17.4. The van der Waals surface area contributed by atoms with Gasteiger partial charge in [-0.1, -0.05) is 55.1 Å². The highest BCUT2D eigenvalue weighted by Gasteiger charge is 2.37. The molecule has 1 aliphatic heterocycles. The summed E-state index contributed by atoms with van der Waals surface area (Å²) in [6.45, 7) is 7.31. The lowest BCUT2D eigenvalue weighted by Crippen LogP contribution is -2.60. The molecule has 1 heterocycles. The Morgan fingerprint density at radius 1 is 1.29 bits per heavy atom. The summed E-state index contributed by atoms with van der Waals surface area (Å²) in [5.41, 5.74) is 3.25. The zero-order chi connectivity index (χ0) is 22.8. The van der Waals surface area contributed by atoms with E-state index >= 15 is 0 Å². The molecule has 1 aromatic rings. The van der Waals surface area contributed by atoms with Crippen molar-refractivity contribution >= 4 is 23.8 Å². The third-order valence-electron chi connectivity index (χ3n) is 4.97. The Morgan fingerprint density at radius 3 is 2.61 bits per heavy atom. The van der Waals surface area contributed by atoms with Gasteiger partial charge in [0.1, 0.15) is 12.6 Å². The Hall–Kier alpha value is -3.46. The van der Waals surface area contributed by atoms with Gasteiger partial charge in [0, 0.05) is 13.1 Å². The van der Waals surface area contributed by atoms with E-state index in [2.05, 4.69) is 18.5 Å². The highest BCUT2D eigenvalue weighted by Crippen LogP contribution is 2.13. The van der Waals surface area contributed by atoms with Gasteiger partial charge >= 0.3 is 6.03 Å². The number of nitrogens with one attached hydrogen (secondary N) is 2. The van der Waals surface area contributed by atoms with E-state index in [1.807, 2.05) is 30.3 Å². The molecule has 9 heteroatoms. The Kier molecular flexibility index (Phi) is 8.95. The first-order chi connectivity index (χ1) is 14.8. The van der Waals surface area contributed by atoms with Crippen LogP contribution in [0.15, 0.2) is 55.1 Å². The number of hydrogen-bond acceptors (Lipinski definition) is 5. The molecule has 166 valence electrons. The first-order valence-electron chi connectivity index (χ1n) is 10.0. The summed E-state index contributed by atoms with van der Waals surface area (Å²) in [5.74, 6) is -1.81. The van der Waals surface area contributed by atoms with Gasteiger partial charge in [0.15, 0.2) is 0 Å². The van der Waals surface area contributed by atoms with Gasteiger partial charge < -0.3 is 10.2 Å². The molecule has 0 radical (unpaired) electrons. The molecule has 1 saturated heterocycles. The quantitative estimate of drug-likeness (QED) is 0.280.